The molecule has 1 aliphatic carbocycles. The van der Waals surface area contributed by atoms with Crippen molar-refractivity contribution in [2.75, 3.05) is 0 Å². The summed E-state index contributed by atoms with van der Waals surface area (Å²) in [7, 11) is 0. The van der Waals surface area contributed by atoms with Crippen LogP contribution in [-0.4, -0.2) is 15.8 Å². The highest BCUT2D eigenvalue weighted by Crippen LogP contribution is 2.28. The molecule has 1 N–H and O–H groups in total. The molecule has 1 aromatic heterocycles. The average molecular weight is 257 g/mol. The van der Waals surface area contributed by atoms with Gasteiger partial charge in [0.25, 0.3) is 5.56 Å². The number of aromatic nitrogens is 1. The minimum absolute atomic E-state index is 0.0317. The maximum atomic E-state index is 12.0. The molecule has 1 saturated carbocycles. The number of pyridine rings is 1. The van der Waals surface area contributed by atoms with Gasteiger partial charge in [0.2, 0.25) is 0 Å². The highest BCUT2D eigenvalue weighted by molar-refractivity contribution is 5.78. The summed E-state index contributed by atoms with van der Waals surface area (Å²) in [6.07, 6.45) is 4.16. The molecule has 0 bridgehead atoms. The number of para-hydroxylation sites is 1. The molecule has 19 heavy (non-hydrogen) atoms. The lowest BCUT2D eigenvalue weighted by Crippen LogP contribution is -2.30. The van der Waals surface area contributed by atoms with Crippen molar-refractivity contribution < 1.29 is 5.11 Å². The lowest BCUT2D eigenvalue weighted by molar-refractivity contribution is 0.0933. The highest BCUT2D eigenvalue weighted by atomic mass is 16.3. The van der Waals surface area contributed by atoms with Crippen molar-refractivity contribution in [2.24, 2.45) is 5.92 Å². The third-order valence-electron chi connectivity index (χ3n) is 4.21. The van der Waals surface area contributed by atoms with Crippen LogP contribution in [0.1, 0.15) is 25.7 Å². The zero-order valence-corrected chi connectivity index (χ0v) is 11.0. The van der Waals surface area contributed by atoms with Crippen molar-refractivity contribution in [2.45, 2.75) is 38.3 Å². The Morgan fingerprint density at radius 1 is 1.16 bits per heavy atom. The van der Waals surface area contributed by atoms with Gasteiger partial charge in [0.15, 0.2) is 0 Å². The van der Waals surface area contributed by atoms with Gasteiger partial charge < -0.3 is 9.67 Å². The Hall–Kier alpha value is -1.61. The van der Waals surface area contributed by atoms with Crippen LogP contribution in [0.4, 0.5) is 0 Å². The average Bonchev–Trinajstić information content (AvgIpc) is 2.96. The van der Waals surface area contributed by atoms with E-state index < -0.39 is 6.10 Å². The topological polar surface area (TPSA) is 42.2 Å². The summed E-state index contributed by atoms with van der Waals surface area (Å²) >= 11 is 0. The summed E-state index contributed by atoms with van der Waals surface area (Å²) in [5.41, 5.74) is 0.878. The fourth-order valence-electron chi connectivity index (χ4n) is 3.11. The van der Waals surface area contributed by atoms with Gasteiger partial charge in [0.05, 0.1) is 18.2 Å². The monoisotopic (exact) mass is 257 g/mol. The Balaban J connectivity index is 1.95. The van der Waals surface area contributed by atoms with Crippen LogP contribution < -0.4 is 5.56 Å². The van der Waals surface area contributed by atoms with E-state index in [0.29, 0.717) is 12.5 Å². The first kappa shape index (κ1) is 12.4. The fourth-order valence-corrected chi connectivity index (χ4v) is 3.11. The van der Waals surface area contributed by atoms with E-state index in [1.165, 1.54) is 12.8 Å². The number of hydrogen-bond acceptors (Lipinski definition) is 2. The number of fused-ring (bicyclic) bond motifs is 1. The van der Waals surface area contributed by atoms with Gasteiger partial charge in [-0.05, 0) is 36.3 Å². The number of hydrogen-bond donors (Lipinski definition) is 1. The SMILES string of the molecule is O=c1ccc2ccccc2n1CC(O)C1CCCC1. The Labute approximate surface area is 112 Å². The maximum Gasteiger partial charge on any atom is 0.251 e. The smallest absolute Gasteiger partial charge is 0.251 e. The van der Waals surface area contributed by atoms with Crippen LogP contribution in [0.5, 0.6) is 0 Å². The summed E-state index contributed by atoms with van der Waals surface area (Å²) in [6.45, 7) is 0.408. The maximum absolute atomic E-state index is 12.0. The zero-order valence-electron chi connectivity index (χ0n) is 11.0. The normalized spacial score (nSPS) is 17.9. The quantitative estimate of drug-likeness (QED) is 0.918. The van der Waals surface area contributed by atoms with Gasteiger partial charge in [0.1, 0.15) is 0 Å². The summed E-state index contributed by atoms with van der Waals surface area (Å²) in [5.74, 6) is 0.353. The van der Waals surface area contributed by atoms with Crippen molar-refractivity contribution >= 4 is 10.9 Å². The molecule has 0 saturated heterocycles. The largest absolute Gasteiger partial charge is 0.391 e. The van der Waals surface area contributed by atoms with Gasteiger partial charge in [-0.15, -0.1) is 0 Å². The van der Waals surface area contributed by atoms with Crippen molar-refractivity contribution in [3.8, 4) is 0 Å². The van der Waals surface area contributed by atoms with Crippen LogP contribution in [0.15, 0.2) is 41.2 Å². The van der Waals surface area contributed by atoms with Crippen LogP contribution in [-0.2, 0) is 6.54 Å². The molecular weight excluding hydrogens is 238 g/mol. The van der Waals surface area contributed by atoms with Gasteiger partial charge in [-0.1, -0.05) is 31.0 Å². The second-order valence-corrected chi connectivity index (χ2v) is 5.45. The molecule has 3 nitrogen and oxygen atoms in total. The summed E-state index contributed by atoms with van der Waals surface area (Å²) in [5, 5.41) is 11.4. The van der Waals surface area contributed by atoms with Crippen LogP contribution in [0.2, 0.25) is 0 Å². The highest BCUT2D eigenvalue weighted by Gasteiger charge is 2.23. The molecule has 1 aliphatic rings. The van der Waals surface area contributed by atoms with Crippen molar-refractivity contribution in [3.63, 3.8) is 0 Å². The van der Waals surface area contributed by atoms with E-state index in [1.807, 2.05) is 30.3 Å². The van der Waals surface area contributed by atoms with Crippen molar-refractivity contribution in [1.82, 2.24) is 4.57 Å². The van der Waals surface area contributed by atoms with Crippen LogP contribution in [0.3, 0.4) is 0 Å². The van der Waals surface area contributed by atoms with E-state index >= 15 is 0 Å². The molecule has 3 heteroatoms. The molecule has 3 rings (SSSR count). The predicted octanol–water partition coefficient (Wildman–Crippen LogP) is 2.55. The molecule has 1 aromatic carbocycles. The second-order valence-electron chi connectivity index (χ2n) is 5.45. The molecule has 100 valence electrons. The predicted molar refractivity (Wildman–Crippen MR) is 76.2 cm³/mol. The van der Waals surface area contributed by atoms with Crippen molar-refractivity contribution in [3.05, 3.63) is 46.8 Å². The van der Waals surface area contributed by atoms with Gasteiger partial charge in [-0.2, -0.15) is 0 Å². The first-order valence-corrected chi connectivity index (χ1v) is 7.02. The lowest BCUT2D eigenvalue weighted by Gasteiger charge is -2.20. The first-order chi connectivity index (χ1) is 9.25. The van der Waals surface area contributed by atoms with E-state index in [-0.39, 0.29) is 5.56 Å². The van der Waals surface area contributed by atoms with Crippen molar-refractivity contribution in [1.29, 1.82) is 0 Å². The minimum Gasteiger partial charge on any atom is -0.391 e. The number of nitrogens with zero attached hydrogens (tertiary/aromatic N) is 1. The van der Waals surface area contributed by atoms with E-state index in [4.69, 9.17) is 0 Å². The lowest BCUT2D eigenvalue weighted by atomic mass is 10.0. The molecule has 0 aliphatic heterocycles. The molecule has 1 fully saturated rings. The van der Waals surface area contributed by atoms with Gasteiger partial charge in [0, 0.05) is 6.07 Å². The van der Waals surface area contributed by atoms with E-state index in [0.717, 1.165) is 23.7 Å². The third-order valence-corrected chi connectivity index (χ3v) is 4.21. The molecular formula is C16H19NO2. The van der Waals surface area contributed by atoms with E-state index in [1.54, 1.807) is 10.6 Å². The fraction of sp³-hybridized carbons (Fsp3) is 0.438. The van der Waals surface area contributed by atoms with E-state index in [9.17, 15) is 9.90 Å². The molecule has 0 amide bonds. The Morgan fingerprint density at radius 2 is 1.89 bits per heavy atom. The zero-order chi connectivity index (χ0) is 13.2. The van der Waals surface area contributed by atoms with Gasteiger partial charge in [-0.3, -0.25) is 4.79 Å². The number of aliphatic hydroxyl groups is 1. The minimum atomic E-state index is -0.411. The number of benzene rings is 1. The van der Waals surface area contributed by atoms with Crippen LogP contribution in [0, 0.1) is 5.92 Å². The molecule has 0 radical (unpaired) electrons. The molecule has 1 heterocycles. The molecule has 2 aromatic rings. The summed E-state index contributed by atoms with van der Waals surface area (Å²) < 4.78 is 1.71. The number of rotatable bonds is 3. The van der Waals surface area contributed by atoms with Gasteiger partial charge >= 0.3 is 0 Å². The Kier molecular flexibility index (Phi) is 3.38. The second kappa shape index (κ2) is 5.17. The van der Waals surface area contributed by atoms with Crippen LogP contribution in [0.25, 0.3) is 10.9 Å². The Bertz CT molecular complexity index is 626. The van der Waals surface area contributed by atoms with E-state index in [2.05, 4.69) is 0 Å². The standard InChI is InChI=1S/C16H19NO2/c18-15(13-6-1-2-7-13)11-17-14-8-4-3-5-12(14)9-10-16(17)19/h3-5,8-10,13,15,18H,1-2,6-7,11H2. The first-order valence-electron chi connectivity index (χ1n) is 7.02. The van der Waals surface area contributed by atoms with Gasteiger partial charge in [-0.25, -0.2) is 0 Å². The number of aliphatic hydroxyl groups excluding tert-OH is 1. The Morgan fingerprint density at radius 3 is 2.68 bits per heavy atom. The molecule has 1 unspecified atom stereocenters. The van der Waals surface area contributed by atoms with Crippen LogP contribution >= 0.6 is 0 Å². The molecule has 1 atom stereocenters. The third kappa shape index (κ3) is 2.43. The summed E-state index contributed by atoms with van der Waals surface area (Å²) in [6, 6.07) is 11.3. The molecule has 0 spiro atoms. The summed E-state index contributed by atoms with van der Waals surface area (Å²) in [4.78, 5) is 12.0.